The molecule has 1 aromatic carbocycles. The quantitative estimate of drug-likeness (QED) is 0.736. The standard InChI is InChI=1S/C14H14N2O/c1-16(2)14(17)8-6-11-5-7-13-12(10-11)4-3-9-15-13/h3-10H,1-2H3/b8-6+. The Balaban J connectivity index is 2.28. The Kier molecular flexibility index (Phi) is 3.19. The Morgan fingerprint density at radius 2 is 2.12 bits per heavy atom. The molecule has 0 spiro atoms. The van der Waals surface area contributed by atoms with Crippen LogP contribution in [0.4, 0.5) is 0 Å². The minimum Gasteiger partial charge on any atom is -0.345 e. The molecule has 17 heavy (non-hydrogen) atoms. The summed E-state index contributed by atoms with van der Waals surface area (Å²) in [4.78, 5) is 17.2. The number of aromatic nitrogens is 1. The lowest BCUT2D eigenvalue weighted by Crippen LogP contribution is -2.18. The van der Waals surface area contributed by atoms with Crippen molar-refractivity contribution in [1.82, 2.24) is 9.88 Å². The van der Waals surface area contributed by atoms with Crippen LogP contribution in [0.15, 0.2) is 42.6 Å². The van der Waals surface area contributed by atoms with Crippen molar-refractivity contribution in [2.75, 3.05) is 14.1 Å². The van der Waals surface area contributed by atoms with Crippen molar-refractivity contribution in [3.05, 3.63) is 48.2 Å². The molecule has 3 nitrogen and oxygen atoms in total. The van der Waals surface area contributed by atoms with Gasteiger partial charge in [-0.25, -0.2) is 0 Å². The van der Waals surface area contributed by atoms with Crippen LogP contribution in [0.25, 0.3) is 17.0 Å². The van der Waals surface area contributed by atoms with E-state index in [-0.39, 0.29) is 5.91 Å². The zero-order valence-corrected chi connectivity index (χ0v) is 9.92. The van der Waals surface area contributed by atoms with Gasteiger partial charge >= 0.3 is 0 Å². The third-order valence-corrected chi connectivity index (χ3v) is 2.49. The largest absolute Gasteiger partial charge is 0.345 e. The first kappa shape index (κ1) is 11.3. The number of hydrogen-bond acceptors (Lipinski definition) is 2. The van der Waals surface area contributed by atoms with Crippen LogP contribution in [0.5, 0.6) is 0 Å². The van der Waals surface area contributed by atoms with E-state index in [4.69, 9.17) is 0 Å². The average molecular weight is 226 g/mol. The first-order valence-electron chi connectivity index (χ1n) is 5.41. The summed E-state index contributed by atoms with van der Waals surface area (Å²) >= 11 is 0. The molecule has 0 atom stereocenters. The van der Waals surface area contributed by atoms with Crippen molar-refractivity contribution >= 4 is 22.9 Å². The summed E-state index contributed by atoms with van der Waals surface area (Å²) in [6, 6.07) is 9.83. The van der Waals surface area contributed by atoms with Crippen LogP contribution in [-0.4, -0.2) is 29.9 Å². The van der Waals surface area contributed by atoms with E-state index in [1.165, 1.54) is 0 Å². The fourth-order valence-corrected chi connectivity index (χ4v) is 1.51. The fraction of sp³-hybridized carbons (Fsp3) is 0.143. The van der Waals surface area contributed by atoms with E-state index in [2.05, 4.69) is 4.98 Å². The van der Waals surface area contributed by atoms with Gasteiger partial charge < -0.3 is 4.90 Å². The summed E-state index contributed by atoms with van der Waals surface area (Å²) in [5.74, 6) is -0.0173. The topological polar surface area (TPSA) is 33.2 Å². The summed E-state index contributed by atoms with van der Waals surface area (Å²) in [7, 11) is 3.47. The Morgan fingerprint density at radius 1 is 1.29 bits per heavy atom. The lowest BCUT2D eigenvalue weighted by molar-refractivity contribution is -0.123. The molecule has 1 heterocycles. The van der Waals surface area contributed by atoms with Crippen molar-refractivity contribution in [3.8, 4) is 0 Å². The molecule has 0 unspecified atom stereocenters. The molecule has 2 aromatic rings. The predicted molar refractivity (Wildman–Crippen MR) is 69.5 cm³/mol. The maximum Gasteiger partial charge on any atom is 0.246 e. The number of likely N-dealkylation sites (N-methyl/N-ethyl adjacent to an activating group) is 1. The van der Waals surface area contributed by atoms with Gasteiger partial charge in [-0.05, 0) is 29.8 Å². The third-order valence-electron chi connectivity index (χ3n) is 2.49. The lowest BCUT2D eigenvalue weighted by Gasteiger charge is -2.05. The monoisotopic (exact) mass is 226 g/mol. The number of amides is 1. The van der Waals surface area contributed by atoms with E-state index in [9.17, 15) is 4.79 Å². The molecule has 0 saturated carbocycles. The molecular weight excluding hydrogens is 212 g/mol. The van der Waals surface area contributed by atoms with Gasteiger partial charge in [-0.3, -0.25) is 9.78 Å². The van der Waals surface area contributed by atoms with E-state index in [1.54, 1.807) is 31.3 Å². The number of fused-ring (bicyclic) bond motifs is 1. The molecule has 0 radical (unpaired) electrons. The zero-order chi connectivity index (χ0) is 12.3. The van der Waals surface area contributed by atoms with Gasteiger partial charge in [-0.1, -0.05) is 12.1 Å². The molecule has 2 rings (SSSR count). The van der Waals surface area contributed by atoms with Gasteiger partial charge in [-0.15, -0.1) is 0 Å². The Hall–Kier alpha value is -2.16. The SMILES string of the molecule is CN(C)C(=O)/C=C/c1ccc2ncccc2c1. The van der Waals surface area contributed by atoms with Crippen molar-refractivity contribution in [2.45, 2.75) is 0 Å². The summed E-state index contributed by atoms with van der Waals surface area (Å²) in [5, 5.41) is 1.08. The first-order valence-corrected chi connectivity index (χ1v) is 5.41. The van der Waals surface area contributed by atoms with Crippen molar-refractivity contribution in [2.24, 2.45) is 0 Å². The molecule has 1 amide bonds. The maximum absolute atomic E-state index is 11.4. The highest BCUT2D eigenvalue weighted by Crippen LogP contribution is 2.14. The highest BCUT2D eigenvalue weighted by atomic mass is 16.2. The number of benzene rings is 1. The van der Waals surface area contributed by atoms with Gasteiger partial charge in [0, 0.05) is 31.8 Å². The average Bonchev–Trinajstić information content (AvgIpc) is 2.35. The van der Waals surface area contributed by atoms with Crippen molar-refractivity contribution in [3.63, 3.8) is 0 Å². The van der Waals surface area contributed by atoms with Crippen LogP contribution in [0.1, 0.15) is 5.56 Å². The molecule has 0 fully saturated rings. The van der Waals surface area contributed by atoms with Crippen LogP contribution >= 0.6 is 0 Å². The number of pyridine rings is 1. The third kappa shape index (κ3) is 2.69. The molecule has 0 aliphatic carbocycles. The zero-order valence-electron chi connectivity index (χ0n) is 9.92. The molecule has 0 N–H and O–H groups in total. The second-order valence-electron chi connectivity index (χ2n) is 4.02. The summed E-state index contributed by atoms with van der Waals surface area (Å²) < 4.78 is 0. The fourth-order valence-electron chi connectivity index (χ4n) is 1.51. The van der Waals surface area contributed by atoms with E-state index in [1.807, 2.05) is 36.4 Å². The van der Waals surface area contributed by atoms with Crippen LogP contribution in [0.2, 0.25) is 0 Å². The van der Waals surface area contributed by atoms with Crippen molar-refractivity contribution in [1.29, 1.82) is 0 Å². The summed E-state index contributed by atoms with van der Waals surface area (Å²) in [6.45, 7) is 0. The van der Waals surface area contributed by atoms with Crippen LogP contribution in [0.3, 0.4) is 0 Å². The number of carbonyl (C=O) groups excluding carboxylic acids is 1. The molecule has 0 bridgehead atoms. The minimum absolute atomic E-state index is 0.0173. The smallest absolute Gasteiger partial charge is 0.246 e. The van der Waals surface area contributed by atoms with E-state index >= 15 is 0 Å². The summed E-state index contributed by atoms with van der Waals surface area (Å²) in [5.41, 5.74) is 1.96. The normalized spacial score (nSPS) is 10.9. The van der Waals surface area contributed by atoms with Crippen molar-refractivity contribution < 1.29 is 4.79 Å². The molecule has 1 aromatic heterocycles. The second-order valence-corrected chi connectivity index (χ2v) is 4.02. The molecule has 3 heteroatoms. The van der Waals surface area contributed by atoms with E-state index in [0.717, 1.165) is 16.5 Å². The summed E-state index contributed by atoms with van der Waals surface area (Å²) in [6.07, 6.45) is 5.15. The highest BCUT2D eigenvalue weighted by Gasteiger charge is 1.98. The molecule has 0 aliphatic rings. The first-order chi connectivity index (χ1) is 8.16. The number of hydrogen-bond donors (Lipinski definition) is 0. The van der Waals surface area contributed by atoms with E-state index < -0.39 is 0 Å². The van der Waals surface area contributed by atoms with Gasteiger partial charge in [0.15, 0.2) is 0 Å². The van der Waals surface area contributed by atoms with Crippen LogP contribution in [-0.2, 0) is 4.79 Å². The van der Waals surface area contributed by atoms with Gasteiger partial charge in [0.1, 0.15) is 0 Å². The highest BCUT2D eigenvalue weighted by molar-refractivity contribution is 5.92. The van der Waals surface area contributed by atoms with Crippen LogP contribution in [0, 0.1) is 0 Å². The molecule has 86 valence electrons. The predicted octanol–water partition coefficient (Wildman–Crippen LogP) is 2.34. The Bertz CT molecular complexity index is 573. The minimum atomic E-state index is -0.0173. The maximum atomic E-state index is 11.4. The molecular formula is C14H14N2O. The van der Waals surface area contributed by atoms with E-state index in [0.29, 0.717) is 0 Å². The molecule has 0 saturated heterocycles. The number of nitrogens with zero attached hydrogens (tertiary/aromatic N) is 2. The molecule has 0 aliphatic heterocycles. The second kappa shape index (κ2) is 4.78. The number of rotatable bonds is 2. The Labute approximate surface area is 100 Å². The van der Waals surface area contributed by atoms with Gasteiger partial charge in [0.05, 0.1) is 5.52 Å². The van der Waals surface area contributed by atoms with Gasteiger partial charge in [0.25, 0.3) is 0 Å². The lowest BCUT2D eigenvalue weighted by atomic mass is 10.1. The number of carbonyl (C=O) groups is 1. The van der Waals surface area contributed by atoms with Crippen LogP contribution < -0.4 is 0 Å². The Morgan fingerprint density at radius 3 is 2.88 bits per heavy atom. The van der Waals surface area contributed by atoms with Gasteiger partial charge in [-0.2, -0.15) is 0 Å². The van der Waals surface area contributed by atoms with Gasteiger partial charge in [0.2, 0.25) is 5.91 Å².